The zero-order chi connectivity index (χ0) is 18.0. The molecule has 0 aromatic heterocycles. The van der Waals surface area contributed by atoms with E-state index < -0.39 is 16.1 Å². The fourth-order valence-electron chi connectivity index (χ4n) is 3.19. The van der Waals surface area contributed by atoms with Gasteiger partial charge in [-0.3, -0.25) is 9.10 Å². The van der Waals surface area contributed by atoms with E-state index in [4.69, 9.17) is 4.74 Å². The number of carbonyl (C=O) groups is 1. The van der Waals surface area contributed by atoms with Crippen molar-refractivity contribution >= 4 is 21.6 Å². The van der Waals surface area contributed by atoms with Crippen LogP contribution in [0.4, 0.5) is 5.69 Å². The van der Waals surface area contributed by atoms with Gasteiger partial charge in [-0.05, 0) is 50.3 Å². The minimum absolute atomic E-state index is 0.0137. The second kappa shape index (κ2) is 7.07. The predicted molar refractivity (Wildman–Crippen MR) is 97.3 cm³/mol. The van der Waals surface area contributed by atoms with Crippen molar-refractivity contribution in [3.05, 3.63) is 35.4 Å². The predicted octanol–water partition coefficient (Wildman–Crippen LogP) is 2.14. The van der Waals surface area contributed by atoms with E-state index >= 15 is 0 Å². The number of hydrogen-bond donors (Lipinski definition) is 1. The summed E-state index contributed by atoms with van der Waals surface area (Å²) in [7, 11) is -3.50. The molecule has 1 heterocycles. The van der Waals surface area contributed by atoms with Gasteiger partial charge in [0.25, 0.3) is 5.91 Å². The molecule has 0 fully saturated rings. The van der Waals surface area contributed by atoms with Gasteiger partial charge < -0.3 is 10.1 Å². The van der Waals surface area contributed by atoms with Crippen LogP contribution >= 0.6 is 0 Å². The highest BCUT2D eigenvalue weighted by atomic mass is 32.2. The number of carbonyl (C=O) groups excluding carboxylic acids is 1. The van der Waals surface area contributed by atoms with Gasteiger partial charge in [-0.2, -0.15) is 0 Å². The smallest absolute Gasteiger partial charge is 0.263 e. The normalized spacial score (nSPS) is 20.3. The molecule has 0 saturated heterocycles. The third-order valence-corrected chi connectivity index (χ3v) is 5.70. The minimum atomic E-state index is -3.50. The third kappa shape index (κ3) is 4.15. The Morgan fingerprint density at radius 1 is 1.36 bits per heavy atom. The molecule has 1 amide bonds. The van der Waals surface area contributed by atoms with Crippen LogP contribution in [0.15, 0.2) is 29.8 Å². The number of nitrogens with one attached hydrogen (secondary N) is 1. The molecule has 7 heteroatoms. The molecule has 3 rings (SSSR count). The Hall–Kier alpha value is -2.02. The number of aryl methyl sites for hydroxylation is 1. The lowest BCUT2D eigenvalue weighted by Crippen LogP contribution is -2.50. The van der Waals surface area contributed by atoms with E-state index in [0.717, 1.165) is 31.1 Å². The topological polar surface area (TPSA) is 75.7 Å². The fourth-order valence-corrected chi connectivity index (χ4v) is 4.10. The van der Waals surface area contributed by atoms with Crippen LogP contribution in [0.5, 0.6) is 5.75 Å². The Morgan fingerprint density at radius 3 is 2.84 bits per heavy atom. The van der Waals surface area contributed by atoms with Crippen LogP contribution in [0.25, 0.3) is 0 Å². The number of nitrogens with zero attached hydrogens (tertiary/aromatic N) is 1. The van der Waals surface area contributed by atoms with Crippen LogP contribution in [0.2, 0.25) is 0 Å². The van der Waals surface area contributed by atoms with Gasteiger partial charge in [0.15, 0.2) is 6.10 Å². The molecule has 0 saturated carbocycles. The third-order valence-electron chi connectivity index (χ3n) is 4.55. The van der Waals surface area contributed by atoms with Crippen LogP contribution in [-0.2, 0) is 14.8 Å². The van der Waals surface area contributed by atoms with E-state index in [1.165, 1.54) is 16.3 Å². The van der Waals surface area contributed by atoms with E-state index in [-0.39, 0.29) is 12.5 Å². The average Bonchev–Trinajstić information content (AvgIpc) is 2.58. The van der Waals surface area contributed by atoms with E-state index in [9.17, 15) is 13.2 Å². The first kappa shape index (κ1) is 17.8. The number of hydrogen-bond acceptors (Lipinski definition) is 4. The quantitative estimate of drug-likeness (QED) is 0.831. The van der Waals surface area contributed by atoms with Gasteiger partial charge in [0, 0.05) is 6.54 Å². The SMILES string of the molecule is Cc1ccc2c(c1)N(S(C)(=O)=O)C[C@@H](C(=O)NCC1=CCCCC1)O2. The molecule has 6 nitrogen and oxygen atoms in total. The fraction of sp³-hybridized carbons (Fsp3) is 0.500. The average molecular weight is 364 g/mol. The lowest BCUT2D eigenvalue weighted by molar-refractivity contribution is -0.127. The Morgan fingerprint density at radius 2 is 2.16 bits per heavy atom. The summed E-state index contributed by atoms with van der Waals surface area (Å²) in [5.41, 5.74) is 2.65. The standard InChI is InChI=1S/C18H24N2O4S/c1-13-8-9-16-15(10-13)20(25(2,22)23)12-17(24-16)18(21)19-11-14-6-4-3-5-7-14/h6,8-10,17H,3-5,7,11-12H2,1-2H3,(H,19,21)/t17-/m0/s1. The van der Waals surface area contributed by atoms with Crippen LogP contribution in [0.3, 0.4) is 0 Å². The van der Waals surface area contributed by atoms with Gasteiger partial charge in [0.1, 0.15) is 5.75 Å². The van der Waals surface area contributed by atoms with Crippen LogP contribution in [0, 0.1) is 6.92 Å². The van der Waals surface area contributed by atoms with Crippen LogP contribution in [0.1, 0.15) is 31.2 Å². The minimum Gasteiger partial charge on any atom is -0.476 e. The molecule has 136 valence electrons. The van der Waals surface area contributed by atoms with Gasteiger partial charge >= 0.3 is 0 Å². The van der Waals surface area contributed by atoms with Gasteiger partial charge in [-0.25, -0.2) is 8.42 Å². The first-order chi connectivity index (χ1) is 11.8. The monoisotopic (exact) mass is 364 g/mol. The molecule has 2 aliphatic rings. The van der Waals surface area contributed by atoms with E-state index in [2.05, 4.69) is 11.4 Å². The second-order valence-corrected chi connectivity index (χ2v) is 8.60. The molecule has 1 N–H and O–H groups in total. The van der Waals surface area contributed by atoms with Gasteiger partial charge in [0.05, 0.1) is 18.5 Å². The van der Waals surface area contributed by atoms with Crippen molar-refractivity contribution in [1.29, 1.82) is 0 Å². The molecule has 25 heavy (non-hydrogen) atoms. The Balaban J connectivity index is 1.76. The van der Waals surface area contributed by atoms with E-state index in [1.807, 2.05) is 13.0 Å². The zero-order valence-electron chi connectivity index (χ0n) is 14.6. The highest BCUT2D eigenvalue weighted by molar-refractivity contribution is 7.92. The highest BCUT2D eigenvalue weighted by Crippen LogP contribution is 2.35. The molecule has 1 aromatic rings. The van der Waals surface area contributed by atoms with Crippen LogP contribution < -0.4 is 14.4 Å². The zero-order valence-corrected chi connectivity index (χ0v) is 15.4. The summed E-state index contributed by atoms with van der Waals surface area (Å²) in [5.74, 6) is 0.130. The molecule has 1 atom stereocenters. The summed E-state index contributed by atoms with van der Waals surface area (Å²) in [6, 6.07) is 5.32. The molecule has 0 radical (unpaired) electrons. The van der Waals surface area contributed by atoms with E-state index in [0.29, 0.717) is 18.0 Å². The molecule has 0 spiro atoms. The Bertz CT molecular complexity index is 801. The summed E-state index contributed by atoms with van der Waals surface area (Å²) in [6.45, 7) is 2.37. The summed E-state index contributed by atoms with van der Waals surface area (Å²) in [6.07, 6.45) is 6.87. The van der Waals surface area contributed by atoms with Crippen molar-refractivity contribution in [2.24, 2.45) is 0 Å². The van der Waals surface area contributed by atoms with Crippen molar-refractivity contribution < 1.29 is 17.9 Å². The van der Waals surface area contributed by atoms with Crippen molar-refractivity contribution in [3.63, 3.8) is 0 Å². The van der Waals surface area contributed by atoms with Gasteiger partial charge in [-0.15, -0.1) is 0 Å². The Kier molecular flexibility index (Phi) is 5.03. The number of fused-ring (bicyclic) bond motifs is 1. The maximum atomic E-state index is 12.5. The number of anilines is 1. The van der Waals surface area contributed by atoms with Crippen molar-refractivity contribution in [2.75, 3.05) is 23.7 Å². The van der Waals surface area contributed by atoms with Crippen LogP contribution in [-0.4, -0.2) is 39.8 Å². The first-order valence-electron chi connectivity index (χ1n) is 8.55. The summed E-state index contributed by atoms with van der Waals surface area (Å²) >= 11 is 0. The largest absolute Gasteiger partial charge is 0.476 e. The van der Waals surface area contributed by atoms with Gasteiger partial charge in [-0.1, -0.05) is 17.7 Å². The molecule has 0 bridgehead atoms. The summed E-state index contributed by atoms with van der Waals surface area (Å²) in [4.78, 5) is 12.5. The summed E-state index contributed by atoms with van der Waals surface area (Å²) < 4.78 is 31.4. The van der Waals surface area contributed by atoms with Crippen molar-refractivity contribution in [1.82, 2.24) is 5.32 Å². The van der Waals surface area contributed by atoms with Crippen molar-refractivity contribution in [2.45, 2.75) is 38.7 Å². The molecule has 1 aliphatic heterocycles. The number of rotatable bonds is 4. The lowest BCUT2D eigenvalue weighted by Gasteiger charge is -2.34. The molecule has 0 unspecified atom stereocenters. The lowest BCUT2D eigenvalue weighted by atomic mass is 10.00. The number of benzene rings is 1. The molecule has 1 aromatic carbocycles. The summed E-state index contributed by atoms with van der Waals surface area (Å²) in [5, 5.41) is 2.88. The molecule has 1 aliphatic carbocycles. The highest BCUT2D eigenvalue weighted by Gasteiger charge is 2.35. The van der Waals surface area contributed by atoms with Gasteiger partial charge in [0.2, 0.25) is 10.0 Å². The molecular weight excluding hydrogens is 340 g/mol. The van der Waals surface area contributed by atoms with Crippen molar-refractivity contribution in [3.8, 4) is 5.75 Å². The first-order valence-corrected chi connectivity index (χ1v) is 10.4. The number of sulfonamides is 1. The van der Waals surface area contributed by atoms with E-state index in [1.54, 1.807) is 12.1 Å². The number of ether oxygens (including phenoxy) is 1. The maximum absolute atomic E-state index is 12.5. The maximum Gasteiger partial charge on any atom is 0.263 e. The second-order valence-electron chi connectivity index (χ2n) is 6.70. The Labute approximate surface area is 148 Å². The number of amides is 1. The number of allylic oxidation sites excluding steroid dienone is 1. The molecular formula is C18H24N2O4S.